The van der Waals surface area contributed by atoms with Crippen LogP contribution in [0.15, 0.2) is 34.9 Å². The molecule has 0 radical (unpaired) electrons. The molecule has 0 spiro atoms. The van der Waals surface area contributed by atoms with Gasteiger partial charge in [0, 0.05) is 6.54 Å². The molecule has 1 saturated heterocycles. The average Bonchev–Trinajstić information content (AvgIpc) is 3.38. The van der Waals surface area contributed by atoms with Gasteiger partial charge < -0.3 is 14.2 Å². The van der Waals surface area contributed by atoms with E-state index in [1.54, 1.807) is 29.2 Å². The lowest BCUT2D eigenvalue weighted by Crippen LogP contribution is -2.41. The topological polar surface area (TPSA) is 68.5 Å². The molecular formula is C19H20F3N3O3. The van der Waals surface area contributed by atoms with E-state index in [4.69, 9.17) is 9.26 Å². The van der Waals surface area contributed by atoms with Crippen molar-refractivity contribution in [3.63, 3.8) is 0 Å². The minimum Gasteiger partial charge on any atom is -0.484 e. The SMILES string of the molecule is O=C(COc1ccccc1)N1CCCC[C@@H]1c1noc(C2(C(F)(F)F)CC2)n1. The Balaban J connectivity index is 1.48. The second kappa shape index (κ2) is 7.10. The highest BCUT2D eigenvalue weighted by Gasteiger charge is 2.68. The zero-order valence-corrected chi connectivity index (χ0v) is 15.1. The summed E-state index contributed by atoms with van der Waals surface area (Å²) in [4.78, 5) is 18.3. The number of alkyl halides is 3. The maximum Gasteiger partial charge on any atom is 0.403 e. The van der Waals surface area contributed by atoms with E-state index in [9.17, 15) is 18.0 Å². The van der Waals surface area contributed by atoms with E-state index in [1.165, 1.54) is 0 Å². The molecule has 6 nitrogen and oxygen atoms in total. The summed E-state index contributed by atoms with van der Waals surface area (Å²) < 4.78 is 50.4. The molecule has 1 aromatic heterocycles. The molecule has 28 heavy (non-hydrogen) atoms. The van der Waals surface area contributed by atoms with Gasteiger partial charge in [0.2, 0.25) is 5.89 Å². The van der Waals surface area contributed by atoms with Crippen molar-refractivity contribution in [2.75, 3.05) is 13.2 Å². The Morgan fingerprint density at radius 3 is 2.68 bits per heavy atom. The standard InChI is InChI=1S/C19H20F3N3O3/c20-19(21,22)18(9-10-18)17-23-16(24-28-17)14-8-4-5-11-25(14)15(26)12-27-13-6-2-1-3-7-13/h1-3,6-7,14H,4-5,8-12H2/t14-/m1/s1. The number of ether oxygens (including phenoxy) is 1. The number of amides is 1. The average molecular weight is 395 g/mol. The number of aromatic nitrogens is 2. The van der Waals surface area contributed by atoms with E-state index in [0.717, 1.165) is 12.8 Å². The molecule has 0 unspecified atom stereocenters. The Morgan fingerprint density at radius 2 is 2.00 bits per heavy atom. The van der Waals surface area contributed by atoms with Crippen molar-refractivity contribution >= 4 is 5.91 Å². The number of carbonyl (C=O) groups is 1. The monoisotopic (exact) mass is 395 g/mol. The second-order valence-corrected chi connectivity index (χ2v) is 7.24. The summed E-state index contributed by atoms with van der Waals surface area (Å²) in [5.41, 5.74) is -2.02. The van der Waals surface area contributed by atoms with Crippen LogP contribution in [0.5, 0.6) is 5.75 Å². The lowest BCUT2D eigenvalue weighted by molar-refractivity contribution is -0.166. The summed E-state index contributed by atoms with van der Waals surface area (Å²) in [6, 6.07) is 8.45. The van der Waals surface area contributed by atoms with Gasteiger partial charge in [-0.05, 0) is 44.2 Å². The fourth-order valence-electron chi connectivity index (χ4n) is 3.55. The van der Waals surface area contributed by atoms with Crippen LogP contribution in [0, 0.1) is 0 Å². The van der Waals surface area contributed by atoms with E-state index in [0.29, 0.717) is 18.7 Å². The first-order chi connectivity index (χ1) is 13.4. The van der Waals surface area contributed by atoms with Crippen molar-refractivity contribution in [2.45, 2.75) is 49.7 Å². The maximum absolute atomic E-state index is 13.3. The van der Waals surface area contributed by atoms with Gasteiger partial charge in [0.15, 0.2) is 12.4 Å². The number of carbonyl (C=O) groups excluding carboxylic acids is 1. The van der Waals surface area contributed by atoms with Gasteiger partial charge in [-0.1, -0.05) is 23.4 Å². The predicted octanol–water partition coefficient (Wildman–Crippen LogP) is 3.80. The Bertz CT molecular complexity index is 834. The van der Waals surface area contributed by atoms with E-state index in [2.05, 4.69) is 10.1 Å². The van der Waals surface area contributed by atoms with Gasteiger partial charge in [-0.25, -0.2) is 0 Å². The molecule has 4 rings (SSSR count). The molecule has 9 heteroatoms. The normalized spacial score (nSPS) is 21.4. The molecule has 2 aromatic rings. The minimum absolute atomic E-state index is 0.0453. The highest BCUT2D eigenvalue weighted by Crippen LogP contribution is 2.58. The molecule has 2 aliphatic rings. The van der Waals surface area contributed by atoms with Gasteiger partial charge in [0.05, 0.1) is 6.04 Å². The third-order valence-corrected chi connectivity index (χ3v) is 5.37. The summed E-state index contributed by atoms with van der Waals surface area (Å²) in [6.07, 6.45) is -2.28. The van der Waals surface area contributed by atoms with Crippen LogP contribution in [0.3, 0.4) is 0 Å². The molecule has 1 aliphatic carbocycles. The second-order valence-electron chi connectivity index (χ2n) is 7.24. The number of rotatable bonds is 5. The highest BCUT2D eigenvalue weighted by molar-refractivity contribution is 5.78. The van der Waals surface area contributed by atoms with Gasteiger partial charge in [0.25, 0.3) is 5.91 Å². The van der Waals surface area contributed by atoms with Crippen LogP contribution in [-0.2, 0) is 10.2 Å². The number of likely N-dealkylation sites (tertiary alicyclic amines) is 1. The van der Waals surface area contributed by atoms with Gasteiger partial charge in [-0.2, -0.15) is 18.2 Å². The van der Waals surface area contributed by atoms with Gasteiger partial charge in [-0.3, -0.25) is 4.79 Å². The van der Waals surface area contributed by atoms with Crippen molar-refractivity contribution in [1.29, 1.82) is 0 Å². The van der Waals surface area contributed by atoms with Crippen molar-refractivity contribution in [3.05, 3.63) is 42.0 Å². The number of hydrogen-bond acceptors (Lipinski definition) is 5. The molecule has 1 aromatic carbocycles. The van der Waals surface area contributed by atoms with Crippen molar-refractivity contribution < 1.29 is 27.2 Å². The molecule has 2 heterocycles. The molecule has 0 bridgehead atoms. The van der Waals surface area contributed by atoms with Crippen LogP contribution in [0.4, 0.5) is 13.2 Å². The van der Waals surface area contributed by atoms with Gasteiger partial charge >= 0.3 is 6.18 Å². The zero-order chi connectivity index (χ0) is 19.8. The number of piperidine rings is 1. The lowest BCUT2D eigenvalue weighted by atomic mass is 10.0. The summed E-state index contributed by atoms with van der Waals surface area (Å²) >= 11 is 0. The number of nitrogens with zero attached hydrogens (tertiary/aromatic N) is 3. The van der Waals surface area contributed by atoms with Crippen LogP contribution in [0.2, 0.25) is 0 Å². The Hall–Kier alpha value is -2.58. The number of benzene rings is 1. The quantitative estimate of drug-likeness (QED) is 0.770. The fraction of sp³-hybridized carbons (Fsp3) is 0.526. The largest absolute Gasteiger partial charge is 0.484 e. The number of hydrogen-bond donors (Lipinski definition) is 0. The first-order valence-corrected chi connectivity index (χ1v) is 9.29. The van der Waals surface area contributed by atoms with Crippen LogP contribution in [0.25, 0.3) is 0 Å². The van der Waals surface area contributed by atoms with Gasteiger partial charge in [-0.15, -0.1) is 0 Å². The van der Waals surface area contributed by atoms with Gasteiger partial charge in [0.1, 0.15) is 11.2 Å². The summed E-state index contributed by atoms with van der Waals surface area (Å²) in [6.45, 7) is 0.327. The van der Waals surface area contributed by atoms with Crippen LogP contribution in [-0.4, -0.2) is 40.3 Å². The van der Waals surface area contributed by atoms with Crippen molar-refractivity contribution in [1.82, 2.24) is 15.0 Å². The first kappa shape index (κ1) is 18.8. The Morgan fingerprint density at radius 1 is 1.25 bits per heavy atom. The molecular weight excluding hydrogens is 375 g/mol. The molecule has 1 aliphatic heterocycles. The van der Waals surface area contributed by atoms with Crippen molar-refractivity contribution in [3.8, 4) is 5.75 Å². The number of halogens is 3. The van der Waals surface area contributed by atoms with E-state index < -0.39 is 23.5 Å². The molecule has 1 saturated carbocycles. The highest BCUT2D eigenvalue weighted by atomic mass is 19.4. The van der Waals surface area contributed by atoms with Crippen LogP contribution in [0.1, 0.15) is 49.9 Å². The summed E-state index contributed by atoms with van der Waals surface area (Å²) in [5.74, 6) is 0.0655. The number of para-hydroxylation sites is 1. The summed E-state index contributed by atoms with van der Waals surface area (Å²) in [7, 11) is 0. The predicted molar refractivity (Wildman–Crippen MR) is 91.5 cm³/mol. The molecule has 2 fully saturated rings. The van der Waals surface area contributed by atoms with E-state index in [-0.39, 0.29) is 31.2 Å². The van der Waals surface area contributed by atoms with Crippen molar-refractivity contribution in [2.24, 2.45) is 0 Å². The molecule has 150 valence electrons. The van der Waals surface area contributed by atoms with Crippen LogP contribution >= 0.6 is 0 Å². The Kier molecular flexibility index (Phi) is 4.76. The summed E-state index contributed by atoms with van der Waals surface area (Å²) in [5, 5.41) is 3.79. The smallest absolute Gasteiger partial charge is 0.403 e. The van der Waals surface area contributed by atoms with E-state index >= 15 is 0 Å². The zero-order valence-electron chi connectivity index (χ0n) is 15.1. The third-order valence-electron chi connectivity index (χ3n) is 5.37. The fourth-order valence-corrected chi connectivity index (χ4v) is 3.55. The maximum atomic E-state index is 13.3. The molecule has 0 N–H and O–H groups in total. The van der Waals surface area contributed by atoms with Crippen LogP contribution < -0.4 is 4.74 Å². The van der Waals surface area contributed by atoms with E-state index in [1.807, 2.05) is 6.07 Å². The third kappa shape index (κ3) is 3.45. The first-order valence-electron chi connectivity index (χ1n) is 9.29. The lowest BCUT2D eigenvalue weighted by Gasteiger charge is -2.33. The minimum atomic E-state index is -4.41. The molecule has 1 atom stereocenters. The Labute approximate surface area is 159 Å². The molecule has 1 amide bonds.